The molecule has 1 N–H and O–H groups in total. The van der Waals surface area contributed by atoms with Gasteiger partial charge in [-0.2, -0.15) is 0 Å². The predicted molar refractivity (Wildman–Crippen MR) is 87.4 cm³/mol. The maximum absolute atomic E-state index is 10.5. The van der Waals surface area contributed by atoms with Gasteiger partial charge < -0.3 is 5.11 Å². The summed E-state index contributed by atoms with van der Waals surface area (Å²) in [5.74, 6) is 0. The van der Waals surface area contributed by atoms with Crippen LogP contribution in [0.5, 0.6) is 0 Å². The van der Waals surface area contributed by atoms with Gasteiger partial charge in [0.15, 0.2) is 0 Å². The zero-order chi connectivity index (χ0) is 15.3. The average Bonchev–Trinajstić information content (AvgIpc) is 2.44. The molecule has 0 atom stereocenters. The third-order valence-corrected chi connectivity index (χ3v) is 2.52. The van der Waals surface area contributed by atoms with Crippen LogP contribution in [-0.2, 0) is 5.60 Å². The van der Waals surface area contributed by atoms with Gasteiger partial charge in [-0.3, -0.25) is 0 Å². The van der Waals surface area contributed by atoms with E-state index in [9.17, 15) is 5.11 Å². The third kappa shape index (κ3) is 6.97. The molecule has 0 amide bonds. The number of hydrogen-bond donors (Lipinski definition) is 1. The molecule has 0 unspecified atom stereocenters. The third-order valence-electron chi connectivity index (χ3n) is 2.52. The molecule has 1 heteroatoms. The molecule has 19 heavy (non-hydrogen) atoms. The minimum Gasteiger partial charge on any atom is -0.385 e. The summed E-state index contributed by atoms with van der Waals surface area (Å²) in [4.78, 5) is 0. The van der Waals surface area contributed by atoms with E-state index in [1.165, 1.54) is 0 Å². The Hall–Kier alpha value is -1.34. The summed E-state index contributed by atoms with van der Waals surface area (Å²) in [5.41, 5.74) is 1.23. The maximum Gasteiger partial charge on any atom is 0.0964 e. The van der Waals surface area contributed by atoms with Crippen LogP contribution in [0.3, 0.4) is 0 Å². The number of hydrogen-bond acceptors (Lipinski definition) is 1. The molecule has 0 heterocycles. The lowest BCUT2D eigenvalue weighted by molar-refractivity contribution is 0.0429. The van der Waals surface area contributed by atoms with Crippen LogP contribution in [0.15, 0.2) is 49.6 Å². The Bertz CT molecular complexity index is 342. The Morgan fingerprint density at radius 2 is 1.53 bits per heavy atom. The molecule has 108 valence electrons. The molecule has 0 aliphatic carbocycles. The van der Waals surface area contributed by atoms with E-state index in [2.05, 4.69) is 13.2 Å². The summed E-state index contributed by atoms with van der Waals surface area (Å²) in [5, 5.41) is 10.5. The van der Waals surface area contributed by atoms with Gasteiger partial charge in [0.05, 0.1) is 5.60 Å². The molecule has 0 aliphatic rings. The minimum atomic E-state index is -0.852. The molecular formula is C18H30O. The van der Waals surface area contributed by atoms with Gasteiger partial charge in [0, 0.05) is 0 Å². The lowest BCUT2D eigenvalue weighted by Crippen LogP contribution is -2.24. The molecule has 0 bridgehead atoms. The molecule has 1 rings (SSSR count). The highest BCUT2D eigenvalue weighted by molar-refractivity contribution is 5.28. The van der Waals surface area contributed by atoms with E-state index in [-0.39, 0.29) is 0 Å². The van der Waals surface area contributed by atoms with Gasteiger partial charge in [0.25, 0.3) is 0 Å². The first kappa shape index (κ1) is 20.0. The Labute approximate surface area is 119 Å². The van der Waals surface area contributed by atoms with E-state index in [4.69, 9.17) is 0 Å². The van der Waals surface area contributed by atoms with Gasteiger partial charge >= 0.3 is 0 Å². The Morgan fingerprint density at radius 3 is 1.89 bits per heavy atom. The topological polar surface area (TPSA) is 20.2 Å². The Kier molecular flexibility index (Phi) is 12.3. The minimum absolute atomic E-state index is 0.544. The summed E-state index contributed by atoms with van der Waals surface area (Å²) in [7, 11) is 0. The molecule has 0 spiro atoms. The van der Waals surface area contributed by atoms with Crippen LogP contribution in [0.1, 0.15) is 51.7 Å². The van der Waals surface area contributed by atoms with Gasteiger partial charge in [0.1, 0.15) is 0 Å². The van der Waals surface area contributed by atoms with Crippen molar-refractivity contribution in [3.63, 3.8) is 0 Å². The van der Waals surface area contributed by atoms with Crippen molar-refractivity contribution in [2.75, 3.05) is 0 Å². The first-order valence-corrected chi connectivity index (χ1v) is 7.14. The SMILES string of the molecule is C=CCC(O)(CC=C)c1cccc(C)c1.CC.CC. The van der Waals surface area contributed by atoms with E-state index in [1.54, 1.807) is 12.2 Å². The zero-order valence-corrected chi connectivity index (χ0v) is 13.2. The largest absolute Gasteiger partial charge is 0.385 e. The van der Waals surface area contributed by atoms with Gasteiger partial charge in [-0.15, -0.1) is 13.2 Å². The first-order valence-electron chi connectivity index (χ1n) is 7.14. The quantitative estimate of drug-likeness (QED) is 0.706. The molecule has 0 aliphatic heterocycles. The molecule has 0 saturated carbocycles. The van der Waals surface area contributed by atoms with Crippen LogP contribution in [0.2, 0.25) is 0 Å². The summed E-state index contributed by atoms with van der Waals surface area (Å²) >= 11 is 0. The van der Waals surface area contributed by atoms with Crippen molar-refractivity contribution in [3.8, 4) is 0 Å². The molecule has 0 radical (unpaired) electrons. The standard InChI is InChI=1S/C14H18O.2C2H6/c1-4-9-14(15,10-5-2)13-8-6-7-12(3)11-13;2*1-2/h4-8,11,15H,1-2,9-10H2,3H3;2*1-2H3. The van der Waals surface area contributed by atoms with Crippen LogP contribution >= 0.6 is 0 Å². The Balaban J connectivity index is 0. The number of benzene rings is 1. The van der Waals surface area contributed by atoms with E-state index in [0.29, 0.717) is 12.8 Å². The summed E-state index contributed by atoms with van der Waals surface area (Å²) in [6.45, 7) is 17.4. The van der Waals surface area contributed by atoms with Crippen molar-refractivity contribution < 1.29 is 5.11 Å². The van der Waals surface area contributed by atoms with Crippen molar-refractivity contribution in [3.05, 3.63) is 60.7 Å². The summed E-state index contributed by atoms with van der Waals surface area (Å²) in [6, 6.07) is 7.93. The molecule has 1 aromatic rings. The monoisotopic (exact) mass is 262 g/mol. The molecule has 1 nitrogen and oxygen atoms in total. The zero-order valence-electron chi connectivity index (χ0n) is 13.2. The highest BCUT2D eigenvalue weighted by atomic mass is 16.3. The molecule has 0 aromatic heterocycles. The summed E-state index contributed by atoms with van der Waals surface area (Å²) < 4.78 is 0. The number of aliphatic hydroxyl groups is 1. The molecule has 0 fully saturated rings. The smallest absolute Gasteiger partial charge is 0.0964 e. The lowest BCUT2D eigenvalue weighted by atomic mass is 9.86. The number of rotatable bonds is 5. The van der Waals surface area contributed by atoms with Crippen LogP contribution in [-0.4, -0.2) is 5.11 Å². The highest BCUT2D eigenvalue weighted by Gasteiger charge is 2.25. The Morgan fingerprint density at radius 1 is 1.05 bits per heavy atom. The second-order valence-electron chi connectivity index (χ2n) is 3.89. The van der Waals surface area contributed by atoms with Gasteiger partial charge in [-0.05, 0) is 25.3 Å². The average molecular weight is 262 g/mol. The fourth-order valence-corrected chi connectivity index (χ4v) is 1.73. The molecule has 1 aromatic carbocycles. The molecule has 0 saturated heterocycles. The van der Waals surface area contributed by atoms with Crippen molar-refractivity contribution in [2.24, 2.45) is 0 Å². The summed E-state index contributed by atoms with van der Waals surface area (Å²) in [6.07, 6.45) is 4.57. The van der Waals surface area contributed by atoms with Crippen molar-refractivity contribution >= 4 is 0 Å². The van der Waals surface area contributed by atoms with Crippen molar-refractivity contribution in [1.82, 2.24) is 0 Å². The number of aryl methyl sites for hydroxylation is 1. The van der Waals surface area contributed by atoms with E-state index in [1.807, 2.05) is 58.9 Å². The second-order valence-corrected chi connectivity index (χ2v) is 3.89. The van der Waals surface area contributed by atoms with Crippen molar-refractivity contribution in [2.45, 2.75) is 53.1 Å². The first-order chi connectivity index (χ1) is 9.12. The van der Waals surface area contributed by atoms with Crippen LogP contribution < -0.4 is 0 Å². The fraction of sp³-hybridized carbons (Fsp3) is 0.444. The normalized spacial score (nSPS) is 9.37. The molecular weight excluding hydrogens is 232 g/mol. The van der Waals surface area contributed by atoms with E-state index >= 15 is 0 Å². The highest BCUT2D eigenvalue weighted by Crippen LogP contribution is 2.29. The van der Waals surface area contributed by atoms with E-state index < -0.39 is 5.60 Å². The van der Waals surface area contributed by atoms with Crippen molar-refractivity contribution in [1.29, 1.82) is 0 Å². The van der Waals surface area contributed by atoms with Crippen LogP contribution in [0.25, 0.3) is 0 Å². The van der Waals surface area contributed by atoms with Crippen LogP contribution in [0, 0.1) is 6.92 Å². The van der Waals surface area contributed by atoms with Gasteiger partial charge in [-0.25, -0.2) is 0 Å². The predicted octanol–water partition coefficient (Wildman–Crippen LogP) is 5.39. The van der Waals surface area contributed by atoms with Crippen LogP contribution in [0.4, 0.5) is 0 Å². The van der Waals surface area contributed by atoms with E-state index in [0.717, 1.165) is 11.1 Å². The van der Waals surface area contributed by atoms with Gasteiger partial charge in [0.2, 0.25) is 0 Å². The lowest BCUT2D eigenvalue weighted by Gasteiger charge is -2.26. The second kappa shape index (κ2) is 11.7. The van der Waals surface area contributed by atoms with Gasteiger partial charge in [-0.1, -0.05) is 69.7 Å². The fourth-order valence-electron chi connectivity index (χ4n) is 1.73. The maximum atomic E-state index is 10.5.